The van der Waals surface area contributed by atoms with Crippen molar-refractivity contribution in [3.05, 3.63) is 47.8 Å². The van der Waals surface area contributed by atoms with Crippen LogP contribution in [0, 0.1) is 6.92 Å². The fourth-order valence-electron chi connectivity index (χ4n) is 2.00. The van der Waals surface area contributed by atoms with Gasteiger partial charge in [-0.3, -0.25) is 9.48 Å². The molecule has 3 N–H and O–H groups in total. The molecular formula is C14H18N4O3S. The minimum absolute atomic E-state index is 0.0333. The van der Waals surface area contributed by atoms with E-state index in [1.54, 1.807) is 23.9 Å². The van der Waals surface area contributed by atoms with Gasteiger partial charge in [-0.05, 0) is 37.1 Å². The number of hydrogen-bond acceptors (Lipinski definition) is 4. The zero-order valence-electron chi connectivity index (χ0n) is 12.2. The minimum Gasteiger partial charge on any atom is -0.366 e. The smallest absolute Gasteiger partial charge is 0.249 e. The van der Waals surface area contributed by atoms with Crippen LogP contribution < -0.4 is 10.5 Å². The molecule has 0 fully saturated rings. The van der Waals surface area contributed by atoms with Gasteiger partial charge in [0.2, 0.25) is 15.9 Å². The number of aromatic nitrogens is 2. The molecule has 0 aliphatic heterocycles. The molecule has 0 atom stereocenters. The van der Waals surface area contributed by atoms with Gasteiger partial charge in [-0.1, -0.05) is 6.07 Å². The zero-order valence-corrected chi connectivity index (χ0v) is 13.0. The van der Waals surface area contributed by atoms with Crippen molar-refractivity contribution >= 4 is 15.9 Å². The van der Waals surface area contributed by atoms with Crippen LogP contribution in [0.1, 0.15) is 22.3 Å². The lowest BCUT2D eigenvalue weighted by Crippen LogP contribution is -2.26. The number of rotatable bonds is 7. The van der Waals surface area contributed by atoms with Gasteiger partial charge in [0.05, 0.1) is 4.90 Å². The van der Waals surface area contributed by atoms with Crippen molar-refractivity contribution in [2.45, 2.75) is 24.8 Å². The molecule has 0 bridgehead atoms. The van der Waals surface area contributed by atoms with Gasteiger partial charge in [0.15, 0.2) is 0 Å². The first-order valence-electron chi connectivity index (χ1n) is 6.78. The summed E-state index contributed by atoms with van der Waals surface area (Å²) >= 11 is 0. The molecular weight excluding hydrogens is 304 g/mol. The highest BCUT2D eigenvalue weighted by atomic mass is 32.2. The van der Waals surface area contributed by atoms with Crippen LogP contribution in [0.3, 0.4) is 0 Å². The summed E-state index contributed by atoms with van der Waals surface area (Å²) in [6.45, 7) is 2.60. The van der Waals surface area contributed by atoms with E-state index in [1.165, 1.54) is 12.1 Å². The van der Waals surface area contributed by atoms with E-state index in [2.05, 4.69) is 9.82 Å². The molecule has 1 aromatic carbocycles. The Hall–Kier alpha value is -2.19. The SMILES string of the molecule is Cc1ccc(S(=O)(=O)NCCCn2cccn2)cc1C(N)=O. The van der Waals surface area contributed by atoms with E-state index in [-0.39, 0.29) is 17.0 Å². The molecule has 2 aromatic rings. The lowest BCUT2D eigenvalue weighted by atomic mass is 10.1. The molecule has 1 aromatic heterocycles. The number of sulfonamides is 1. The Morgan fingerprint density at radius 1 is 1.41 bits per heavy atom. The third-order valence-corrected chi connectivity index (χ3v) is 4.66. The Labute approximate surface area is 129 Å². The molecule has 0 unspecified atom stereocenters. The predicted octanol–water partition coefficient (Wildman–Crippen LogP) is 0.659. The van der Waals surface area contributed by atoms with Crippen molar-refractivity contribution < 1.29 is 13.2 Å². The van der Waals surface area contributed by atoms with Crippen LogP contribution in [0.2, 0.25) is 0 Å². The lowest BCUT2D eigenvalue weighted by Gasteiger charge is -2.09. The van der Waals surface area contributed by atoms with Gasteiger partial charge in [-0.15, -0.1) is 0 Å². The van der Waals surface area contributed by atoms with Gasteiger partial charge in [-0.2, -0.15) is 5.10 Å². The number of carbonyl (C=O) groups excluding carboxylic acids is 1. The van der Waals surface area contributed by atoms with Crippen molar-refractivity contribution in [3.63, 3.8) is 0 Å². The molecule has 0 radical (unpaired) electrons. The standard InChI is InChI=1S/C14H18N4O3S/c1-11-4-5-12(10-13(11)14(15)19)22(20,21)17-7-3-9-18-8-2-6-16-18/h2,4-6,8,10,17H,3,7,9H2,1H3,(H2,15,19). The number of nitrogens with zero attached hydrogens (tertiary/aromatic N) is 2. The van der Waals surface area contributed by atoms with Crippen LogP contribution in [0.15, 0.2) is 41.6 Å². The Kier molecular flexibility index (Phi) is 4.94. The van der Waals surface area contributed by atoms with Gasteiger partial charge in [-0.25, -0.2) is 13.1 Å². The number of hydrogen-bond donors (Lipinski definition) is 2. The molecule has 0 aliphatic rings. The minimum atomic E-state index is -3.66. The molecule has 22 heavy (non-hydrogen) atoms. The summed E-state index contributed by atoms with van der Waals surface area (Å²) in [5.74, 6) is -0.645. The number of carbonyl (C=O) groups is 1. The lowest BCUT2D eigenvalue weighted by molar-refractivity contribution is 0.0999. The first-order valence-corrected chi connectivity index (χ1v) is 8.26. The van der Waals surface area contributed by atoms with E-state index >= 15 is 0 Å². The molecule has 118 valence electrons. The van der Waals surface area contributed by atoms with Crippen molar-refractivity contribution in [3.8, 4) is 0 Å². The Morgan fingerprint density at radius 2 is 2.18 bits per heavy atom. The second-order valence-electron chi connectivity index (χ2n) is 4.86. The molecule has 2 rings (SSSR count). The summed E-state index contributed by atoms with van der Waals surface area (Å²) < 4.78 is 28.6. The quantitative estimate of drug-likeness (QED) is 0.730. The number of amides is 1. The van der Waals surface area contributed by atoms with Crippen molar-refractivity contribution in [2.75, 3.05) is 6.54 Å². The van der Waals surface area contributed by atoms with Crippen molar-refractivity contribution in [1.29, 1.82) is 0 Å². The summed E-state index contributed by atoms with van der Waals surface area (Å²) in [5.41, 5.74) is 6.09. The Balaban J connectivity index is 2.00. The van der Waals surface area contributed by atoms with E-state index < -0.39 is 15.9 Å². The maximum atomic E-state index is 12.2. The highest BCUT2D eigenvalue weighted by molar-refractivity contribution is 7.89. The summed E-state index contributed by atoms with van der Waals surface area (Å²) in [6.07, 6.45) is 4.09. The van der Waals surface area contributed by atoms with Gasteiger partial charge in [0, 0.05) is 31.0 Å². The number of aryl methyl sites for hydroxylation is 2. The fourth-order valence-corrected chi connectivity index (χ4v) is 3.10. The normalized spacial score (nSPS) is 11.5. The largest absolute Gasteiger partial charge is 0.366 e. The maximum Gasteiger partial charge on any atom is 0.249 e. The first kappa shape index (κ1) is 16.2. The van der Waals surface area contributed by atoms with Gasteiger partial charge in [0.1, 0.15) is 0 Å². The highest BCUT2D eigenvalue weighted by Crippen LogP contribution is 2.15. The first-order chi connectivity index (χ1) is 10.4. The second kappa shape index (κ2) is 6.71. The predicted molar refractivity (Wildman–Crippen MR) is 81.7 cm³/mol. The maximum absolute atomic E-state index is 12.2. The third-order valence-electron chi connectivity index (χ3n) is 3.20. The molecule has 7 nitrogen and oxygen atoms in total. The monoisotopic (exact) mass is 322 g/mol. The van der Waals surface area contributed by atoms with Crippen LogP contribution in [0.5, 0.6) is 0 Å². The van der Waals surface area contributed by atoms with E-state index in [0.29, 0.717) is 18.5 Å². The average Bonchev–Trinajstić information content (AvgIpc) is 2.97. The topological polar surface area (TPSA) is 107 Å². The van der Waals surface area contributed by atoms with E-state index in [1.807, 2.05) is 12.3 Å². The molecule has 1 amide bonds. The van der Waals surface area contributed by atoms with Gasteiger partial charge >= 0.3 is 0 Å². The van der Waals surface area contributed by atoms with Crippen molar-refractivity contribution in [2.24, 2.45) is 5.73 Å². The van der Waals surface area contributed by atoms with E-state index in [4.69, 9.17) is 5.73 Å². The number of primary amides is 1. The van der Waals surface area contributed by atoms with Crippen LogP contribution in [0.4, 0.5) is 0 Å². The van der Waals surface area contributed by atoms with Crippen LogP contribution in [-0.4, -0.2) is 30.7 Å². The highest BCUT2D eigenvalue weighted by Gasteiger charge is 2.16. The number of benzene rings is 1. The number of nitrogens with two attached hydrogens (primary N) is 1. The summed E-state index contributed by atoms with van der Waals surface area (Å²) in [5, 5.41) is 4.04. The zero-order chi connectivity index (χ0) is 16.2. The van der Waals surface area contributed by atoms with Gasteiger partial charge < -0.3 is 5.73 Å². The van der Waals surface area contributed by atoms with Crippen molar-refractivity contribution in [1.82, 2.24) is 14.5 Å². The Bertz CT molecular complexity index is 754. The molecule has 0 aliphatic carbocycles. The fraction of sp³-hybridized carbons (Fsp3) is 0.286. The summed E-state index contributed by atoms with van der Waals surface area (Å²) in [4.78, 5) is 11.3. The number of nitrogens with one attached hydrogen (secondary N) is 1. The molecule has 0 spiro atoms. The van der Waals surface area contributed by atoms with Crippen LogP contribution in [-0.2, 0) is 16.6 Å². The van der Waals surface area contributed by atoms with Gasteiger partial charge in [0.25, 0.3) is 0 Å². The summed E-state index contributed by atoms with van der Waals surface area (Å²) in [6, 6.07) is 6.13. The summed E-state index contributed by atoms with van der Waals surface area (Å²) in [7, 11) is -3.66. The van der Waals surface area contributed by atoms with Crippen LogP contribution >= 0.6 is 0 Å². The molecule has 0 saturated carbocycles. The van der Waals surface area contributed by atoms with E-state index in [0.717, 1.165) is 0 Å². The third kappa shape index (κ3) is 3.92. The molecule has 8 heteroatoms. The molecule has 1 heterocycles. The van der Waals surface area contributed by atoms with Crippen LogP contribution in [0.25, 0.3) is 0 Å². The van der Waals surface area contributed by atoms with E-state index in [9.17, 15) is 13.2 Å². The second-order valence-corrected chi connectivity index (χ2v) is 6.63. The Morgan fingerprint density at radius 3 is 2.82 bits per heavy atom. The molecule has 0 saturated heterocycles. The average molecular weight is 322 g/mol.